The lowest BCUT2D eigenvalue weighted by Gasteiger charge is -2.23. The molecule has 0 saturated carbocycles. The number of rotatable bonds is 2. The van der Waals surface area contributed by atoms with Crippen LogP contribution in [0.15, 0.2) is 46.0 Å². The number of quaternary nitrogens is 1. The van der Waals surface area contributed by atoms with Crippen LogP contribution in [-0.2, 0) is 6.42 Å². The molecule has 2 aromatic heterocycles. The smallest absolute Gasteiger partial charge is 0.335 e. The third kappa shape index (κ3) is 2.92. The number of aryl methyl sites for hydroxylation is 3. The maximum Gasteiger partial charge on any atom is 0.335 e. The van der Waals surface area contributed by atoms with Crippen molar-refractivity contribution < 1.29 is 10.4 Å². The zero-order valence-corrected chi connectivity index (χ0v) is 17.7. The summed E-state index contributed by atoms with van der Waals surface area (Å²) in [4.78, 5) is 31.6. The third-order valence-corrected chi connectivity index (χ3v) is 6.25. The standard InChI is InChI=1S/C24H24N4O3/c1-12-10-13(2)21(14(3)11-12)28-23(30)18(22(29)27-24(28)31)20-19-16(8-9-25-20)15-6-4-5-7-17(15)26-19/h4-7,10-11,20,25-26,30H,8-9H2,1-3H3,(H,27,29,31)/p+1/t20-/m0/s1. The molecule has 4 aromatic rings. The molecule has 0 unspecified atom stereocenters. The van der Waals surface area contributed by atoms with E-state index in [0.717, 1.165) is 51.8 Å². The van der Waals surface area contributed by atoms with E-state index in [1.165, 1.54) is 4.57 Å². The summed E-state index contributed by atoms with van der Waals surface area (Å²) in [5, 5.41) is 14.4. The van der Waals surface area contributed by atoms with Crippen LogP contribution in [0, 0.1) is 20.8 Å². The lowest BCUT2D eigenvalue weighted by atomic mass is 9.95. The number of aromatic hydroxyl groups is 1. The van der Waals surface area contributed by atoms with Crippen LogP contribution in [0.4, 0.5) is 0 Å². The number of benzene rings is 2. The van der Waals surface area contributed by atoms with Gasteiger partial charge in [0.05, 0.1) is 17.9 Å². The quantitative estimate of drug-likeness (QED) is 0.400. The molecule has 31 heavy (non-hydrogen) atoms. The molecular formula is C24H25N4O3+. The highest BCUT2D eigenvalue weighted by Gasteiger charge is 2.34. The van der Waals surface area contributed by atoms with Crippen molar-refractivity contribution in [1.82, 2.24) is 14.5 Å². The molecule has 0 radical (unpaired) electrons. The van der Waals surface area contributed by atoms with Gasteiger partial charge in [-0.15, -0.1) is 0 Å². The highest BCUT2D eigenvalue weighted by molar-refractivity contribution is 5.85. The number of aromatic nitrogens is 3. The Hall–Kier alpha value is -3.58. The Morgan fingerprint density at radius 2 is 1.77 bits per heavy atom. The molecule has 7 nitrogen and oxygen atoms in total. The van der Waals surface area contributed by atoms with E-state index in [9.17, 15) is 14.7 Å². The summed E-state index contributed by atoms with van der Waals surface area (Å²) in [6.07, 6.45) is 0.865. The fraction of sp³-hybridized carbons (Fsp3) is 0.250. The first kappa shape index (κ1) is 19.4. The first-order valence-electron chi connectivity index (χ1n) is 10.5. The summed E-state index contributed by atoms with van der Waals surface area (Å²) < 4.78 is 1.23. The predicted octanol–water partition coefficient (Wildman–Crippen LogP) is 1.85. The van der Waals surface area contributed by atoms with Gasteiger partial charge in [0.2, 0.25) is 5.88 Å². The Morgan fingerprint density at radius 3 is 2.52 bits per heavy atom. The highest BCUT2D eigenvalue weighted by atomic mass is 16.3. The van der Waals surface area contributed by atoms with Gasteiger partial charge in [-0.3, -0.25) is 9.78 Å². The molecule has 1 atom stereocenters. The van der Waals surface area contributed by atoms with Gasteiger partial charge in [-0.1, -0.05) is 35.9 Å². The maximum absolute atomic E-state index is 12.9. The van der Waals surface area contributed by atoms with Gasteiger partial charge < -0.3 is 15.4 Å². The highest BCUT2D eigenvalue weighted by Crippen LogP contribution is 2.33. The number of nitrogens with one attached hydrogen (secondary N) is 2. The molecule has 0 amide bonds. The van der Waals surface area contributed by atoms with Crippen molar-refractivity contribution in [1.29, 1.82) is 0 Å². The number of para-hydroxylation sites is 1. The second-order valence-corrected chi connectivity index (χ2v) is 8.39. The molecule has 5 N–H and O–H groups in total. The van der Waals surface area contributed by atoms with Crippen molar-refractivity contribution in [2.75, 3.05) is 6.54 Å². The van der Waals surface area contributed by atoms with Crippen LogP contribution in [0.25, 0.3) is 16.6 Å². The number of H-pyrrole nitrogens is 2. The van der Waals surface area contributed by atoms with Crippen molar-refractivity contribution >= 4 is 10.9 Å². The van der Waals surface area contributed by atoms with E-state index in [4.69, 9.17) is 0 Å². The van der Waals surface area contributed by atoms with Crippen molar-refractivity contribution in [3.8, 4) is 11.6 Å². The Morgan fingerprint density at radius 1 is 1.06 bits per heavy atom. The number of hydrogen-bond donors (Lipinski definition) is 4. The first-order valence-corrected chi connectivity index (χ1v) is 10.5. The van der Waals surface area contributed by atoms with Gasteiger partial charge in [0.25, 0.3) is 5.56 Å². The molecule has 1 aliphatic heterocycles. The van der Waals surface area contributed by atoms with Gasteiger partial charge in [0, 0.05) is 17.3 Å². The minimum Gasteiger partial charge on any atom is -0.494 e. The topological polar surface area (TPSA) is 107 Å². The van der Waals surface area contributed by atoms with Gasteiger partial charge in [-0.2, -0.15) is 0 Å². The molecule has 1 aliphatic rings. The van der Waals surface area contributed by atoms with Crippen molar-refractivity contribution in [2.24, 2.45) is 0 Å². The monoisotopic (exact) mass is 417 g/mol. The predicted molar refractivity (Wildman–Crippen MR) is 119 cm³/mol. The largest absolute Gasteiger partial charge is 0.494 e. The van der Waals surface area contributed by atoms with E-state index in [1.54, 1.807) is 0 Å². The van der Waals surface area contributed by atoms with Crippen LogP contribution in [0.1, 0.15) is 39.6 Å². The van der Waals surface area contributed by atoms with E-state index in [0.29, 0.717) is 5.69 Å². The summed E-state index contributed by atoms with van der Waals surface area (Å²) in [6, 6.07) is 11.5. The average Bonchev–Trinajstić information content (AvgIpc) is 3.09. The summed E-state index contributed by atoms with van der Waals surface area (Å²) in [6.45, 7) is 6.56. The Labute approximate surface area is 178 Å². The van der Waals surface area contributed by atoms with Gasteiger partial charge in [-0.05, 0) is 43.5 Å². The van der Waals surface area contributed by atoms with Crippen LogP contribution in [-0.4, -0.2) is 26.2 Å². The van der Waals surface area contributed by atoms with Crippen molar-refractivity contribution in [2.45, 2.75) is 33.2 Å². The number of nitrogens with two attached hydrogens (primary N) is 1. The fourth-order valence-corrected chi connectivity index (χ4v) is 5.08. The Balaban J connectivity index is 1.78. The minimum atomic E-state index is -0.644. The zero-order valence-electron chi connectivity index (χ0n) is 17.7. The second-order valence-electron chi connectivity index (χ2n) is 8.39. The maximum atomic E-state index is 12.9. The average molecular weight is 417 g/mol. The van der Waals surface area contributed by atoms with Crippen molar-refractivity contribution in [3.63, 3.8) is 0 Å². The zero-order chi connectivity index (χ0) is 21.9. The van der Waals surface area contributed by atoms with Gasteiger partial charge in [0.15, 0.2) is 6.04 Å². The molecule has 5 rings (SSSR count). The van der Waals surface area contributed by atoms with Crippen LogP contribution < -0.4 is 16.6 Å². The molecule has 0 spiro atoms. The van der Waals surface area contributed by atoms with E-state index in [2.05, 4.69) is 16.0 Å². The summed E-state index contributed by atoms with van der Waals surface area (Å²) in [5.74, 6) is -0.309. The van der Waals surface area contributed by atoms with E-state index >= 15 is 0 Å². The second kappa shape index (κ2) is 6.99. The molecule has 0 fully saturated rings. The number of fused-ring (bicyclic) bond motifs is 3. The minimum absolute atomic E-state index is 0.187. The van der Waals surface area contributed by atoms with Crippen LogP contribution in [0.3, 0.4) is 0 Å². The number of aromatic amines is 2. The van der Waals surface area contributed by atoms with E-state index in [-0.39, 0.29) is 11.4 Å². The molecule has 0 bridgehead atoms. The normalized spacial score (nSPS) is 15.9. The molecule has 0 aliphatic carbocycles. The van der Waals surface area contributed by atoms with Crippen LogP contribution in [0.2, 0.25) is 0 Å². The van der Waals surface area contributed by atoms with E-state index in [1.807, 2.05) is 56.4 Å². The molecule has 3 heterocycles. The van der Waals surface area contributed by atoms with E-state index < -0.39 is 17.3 Å². The molecular weight excluding hydrogens is 392 g/mol. The van der Waals surface area contributed by atoms with Gasteiger partial charge in [-0.25, -0.2) is 9.36 Å². The number of nitrogens with zero attached hydrogens (tertiary/aromatic N) is 1. The fourth-order valence-electron chi connectivity index (χ4n) is 5.08. The van der Waals surface area contributed by atoms with Gasteiger partial charge >= 0.3 is 5.69 Å². The summed E-state index contributed by atoms with van der Waals surface area (Å²) in [7, 11) is 0. The lowest BCUT2D eigenvalue weighted by molar-refractivity contribution is -0.690. The molecule has 2 aromatic carbocycles. The number of hydrogen-bond acceptors (Lipinski definition) is 3. The summed E-state index contributed by atoms with van der Waals surface area (Å²) in [5.41, 5.74) is 5.41. The Bertz CT molecular complexity index is 1440. The first-order chi connectivity index (χ1) is 14.9. The molecule has 7 heteroatoms. The van der Waals surface area contributed by atoms with Crippen LogP contribution in [0.5, 0.6) is 5.88 Å². The lowest BCUT2D eigenvalue weighted by Crippen LogP contribution is -2.87. The van der Waals surface area contributed by atoms with Crippen LogP contribution >= 0.6 is 0 Å². The molecule has 158 valence electrons. The van der Waals surface area contributed by atoms with Crippen molar-refractivity contribution in [3.05, 3.63) is 90.7 Å². The Kier molecular flexibility index (Phi) is 4.37. The molecule has 0 saturated heterocycles. The third-order valence-electron chi connectivity index (χ3n) is 6.25. The SMILES string of the molecule is Cc1cc(C)c(-n2c(O)c([C@@H]3[NH2+]CCc4c3[nH]c3ccccc43)c(=O)[nH]c2=O)c(C)c1. The summed E-state index contributed by atoms with van der Waals surface area (Å²) >= 11 is 0. The van der Waals surface area contributed by atoms with Gasteiger partial charge in [0.1, 0.15) is 5.56 Å².